The zero-order chi connectivity index (χ0) is 14.5. The van der Waals surface area contributed by atoms with Crippen LogP contribution in [0.5, 0.6) is 0 Å². The lowest BCUT2D eigenvalue weighted by atomic mass is 9.99. The van der Waals surface area contributed by atoms with Crippen LogP contribution in [0.1, 0.15) is 46.5 Å². The van der Waals surface area contributed by atoms with E-state index in [0.717, 1.165) is 19.3 Å². The van der Waals surface area contributed by atoms with Crippen molar-refractivity contribution < 1.29 is 14.3 Å². The maximum atomic E-state index is 12.0. The average Bonchev–Trinajstić information content (AvgIpc) is 2.52. The number of ether oxygens (including phenoxy) is 1. The molecule has 0 aromatic heterocycles. The summed E-state index contributed by atoms with van der Waals surface area (Å²) in [5.41, 5.74) is 1.65. The lowest BCUT2D eigenvalue weighted by Gasteiger charge is -2.28. The second kappa shape index (κ2) is 6.75. The van der Waals surface area contributed by atoms with Crippen molar-refractivity contribution in [2.75, 3.05) is 13.1 Å². The number of likely N-dealkylation sites (tertiary alicyclic amines) is 1. The van der Waals surface area contributed by atoms with Crippen LogP contribution in [0.25, 0.3) is 0 Å². The van der Waals surface area contributed by atoms with Gasteiger partial charge in [-0.25, -0.2) is 10.6 Å². The van der Waals surface area contributed by atoms with Crippen LogP contribution in [-0.4, -0.2) is 35.6 Å². The Morgan fingerprint density at radius 1 is 1.37 bits per heavy atom. The summed E-state index contributed by atoms with van der Waals surface area (Å²) >= 11 is 0. The van der Waals surface area contributed by atoms with Gasteiger partial charge in [-0.05, 0) is 39.5 Å². The largest absolute Gasteiger partial charge is 0.444 e. The molecule has 0 aliphatic carbocycles. The van der Waals surface area contributed by atoms with E-state index in [4.69, 9.17) is 10.6 Å². The molecule has 6 heteroatoms. The van der Waals surface area contributed by atoms with E-state index in [0.29, 0.717) is 19.5 Å². The Morgan fingerprint density at radius 2 is 2.05 bits per heavy atom. The Kier molecular flexibility index (Phi) is 5.60. The van der Waals surface area contributed by atoms with E-state index >= 15 is 0 Å². The Morgan fingerprint density at radius 3 is 2.63 bits per heavy atom. The fourth-order valence-electron chi connectivity index (χ4n) is 2.21. The summed E-state index contributed by atoms with van der Waals surface area (Å²) in [5.74, 6) is 5.07. The van der Waals surface area contributed by atoms with E-state index in [9.17, 15) is 9.59 Å². The maximum absolute atomic E-state index is 12.0. The van der Waals surface area contributed by atoms with Gasteiger partial charge in [-0.15, -0.1) is 0 Å². The number of nitrogens with zero attached hydrogens (tertiary/aromatic N) is 1. The number of carbonyl (C=O) groups excluding carboxylic acids is 2. The second-order valence-electron chi connectivity index (χ2n) is 6.06. The third kappa shape index (κ3) is 5.92. The van der Waals surface area contributed by atoms with Crippen LogP contribution in [0.3, 0.4) is 0 Å². The SMILES string of the molecule is CC(C)(C)OC(=O)N1CCCCC(CC(=O)NN)C1. The van der Waals surface area contributed by atoms with E-state index in [1.807, 2.05) is 20.8 Å². The molecule has 0 radical (unpaired) electrons. The minimum absolute atomic E-state index is 0.151. The monoisotopic (exact) mass is 271 g/mol. The Balaban J connectivity index is 2.57. The molecule has 2 amide bonds. The van der Waals surface area contributed by atoms with Crippen molar-refractivity contribution in [3.05, 3.63) is 0 Å². The quantitative estimate of drug-likeness (QED) is 0.452. The van der Waals surface area contributed by atoms with Crippen molar-refractivity contribution in [2.45, 2.75) is 52.1 Å². The zero-order valence-corrected chi connectivity index (χ0v) is 12.1. The molecule has 19 heavy (non-hydrogen) atoms. The Labute approximate surface area is 114 Å². The van der Waals surface area contributed by atoms with Crippen molar-refractivity contribution >= 4 is 12.0 Å². The normalized spacial score (nSPS) is 20.6. The third-order valence-electron chi connectivity index (χ3n) is 3.06. The summed E-state index contributed by atoms with van der Waals surface area (Å²) in [4.78, 5) is 25.1. The molecule has 1 unspecified atom stereocenters. The first-order chi connectivity index (χ1) is 8.81. The summed E-state index contributed by atoms with van der Waals surface area (Å²) in [5, 5.41) is 0. The molecule has 110 valence electrons. The highest BCUT2D eigenvalue weighted by Gasteiger charge is 2.27. The van der Waals surface area contributed by atoms with Crippen LogP contribution in [0, 0.1) is 5.92 Å². The maximum Gasteiger partial charge on any atom is 0.410 e. The molecule has 6 nitrogen and oxygen atoms in total. The predicted molar refractivity (Wildman–Crippen MR) is 72.1 cm³/mol. The molecule has 1 heterocycles. The topological polar surface area (TPSA) is 84.7 Å². The molecule has 1 fully saturated rings. The van der Waals surface area contributed by atoms with Gasteiger partial charge in [0, 0.05) is 19.5 Å². The first kappa shape index (κ1) is 15.8. The van der Waals surface area contributed by atoms with Crippen LogP contribution in [0.4, 0.5) is 4.79 Å². The molecular weight excluding hydrogens is 246 g/mol. The number of nitrogens with two attached hydrogens (primary N) is 1. The van der Waals surface area contributed by atoms with Gasteiger partial charge in [0.15, 0.2) is 0 Å². The highest BCUT2D eigenvalue weighted by atomic mass is 16.6. The summed E-state index contributed by atoms with van der Waals surface area (Å²) < 4.78 is 5.37. The summed E-state index contributed by atoms with van der Waals surface area (Å²) in [6, 6.07) is 0. The number of hydrogen-bond acceptors (Lipinski definition) is 4. The molecule has 1 rings (SSSR count). The molecule has 0 bridgehead atoms. The summed E-state index contributed by atoms with van der Waals surface area (Å²) in [6.45, 7) is 6.80. The summed E-state index contributed by atoms with van der Waals surface area (Å²) in [7, 11) is 0. The van der Waals surface area contributed by atoms with Crippen molar-refractivity contribution in [2.24, 2.45) is 11.8 Å². The molecule has 1 atom stereocenters. The minimum atomic E-state index is -0.493. The number of nitrogens with one attached hydrogen (secondary N) is 1. The van der Waals surface area contributed by atoms with Crippen molar-refractivity contribution in [1.29, 1.82) is 0 Å². The molecule has 3 N–H and O–H groups in total. The lowest BCUT2D eigenvalue weighted by molar-refractivity contribution is -0.122. The van der Waals surface area contributed by atoms with Gasteiger partial charge in [0.25, 0.3) is 0 Å². The molecule has 0 aromatic rings. The highest BCUT2D eigenvalue weighted by molar-refractivity contribution is 5.75. The second-order valence-corrected chi connectivity index (χ2v) is 6.06. The number of amides is 2. The fourth-order valence-corrected chi connectivity index (χ4v) is 2.21. The van der Waals surface area contributed by atoms with E-state index in [1.54, 1.807) is 4.90 Å². The van der Waals surface area contributed by atoms with E-state index in [-0.39, 0.29) is 17.9 Å². The lowest BCUT2D eigenvalue weighted by Crippen LogP contribution is -2.40. The van der Waals surface area contributed by atoms with Crippen molar-refractivity contribution in [3.8, 4) is 0 Å². The molecule has 1 aliphatic rings. The number of hydrogen-bond donors (Lipinski definition) is 2. The molecule has 1 saturated heterocycles. The number of rotatable bonds is 2. The van der Waals surface area contributed by atoms with Gasteiger partial charge in [0.05, 0.1) is 0 Å². The summed E-state index contributed by atoms with van der Waals surface area (Å²) in [6.07, 6.45) is 2.96. The van der Waals surface area contributed by atoms with Crippen LogP contribution in [-0.2, 0) is 9.53 Å². The van der Waals surface area contributed by atoms with Crippen molar-refractivity contribution in [3.63, 3.8) is 0 Å². The highest BCUT2D eigenvalue weighted by Crippen LogP contribution is 2.21. The molecule has 0 saturated carbocycles. The van der Waals surface area contributed by atoms with Crippen molar-refractivity contribution in [1.82, 2.24) is 10.3 Å². The average molecular weight is 271 g/mol. The van der Waals surface area contributed by atoms with Crippen LogP contribution < -0.4 is 11.3 Å². The van der Waals surface area contributed by atoms with Crippen LogP contribution >= 0.6 is 0 Å². The van der Waals surface area contributed by atoms with Gasteiger partial charge in [-0.2, -0.15) is 0 Å². The number of hydrazine groups is 1. The van der Waals surface area contributed by atoms with Gasteiger partial charge in [-0.1, -0.05) is 6.42 Å². The van der Waals surface area contributed by atoms with E-state index < -0.39 is 5.60 Å². The molecule has 1 aliphatic heterocycles. The van der Waals surface area contributed by atoms with Gasteiger partial charge in [-0.3, -0.25) is 10.2 Å². The van der Waals surface area contributed by atoms with Gasteiger partial charge < -0.3 is 9.64 Å². The first-order valence-electron chi connectivity index (χ1n) is 6.79. The van der Waals surface area contributed by atoms with Crippen LogP contribution in [0.2, 0.25) is 0 Å². The molecule has 0 spiro atoms. The van der Waals surface area contributed by atoms with Gasteiger partial charge in [0.1, 0.15) is 5.60 Å². The smallest absolute Gasteiger partial charge is 0.410 e. The van der Waals surface area contributed by atoms with Gasteiger partial charge >= 0.3 is 6.09 Å². The van der Waals surface area contributed by atoms with Gasteiger partial charge in [0.2, 0.25) is 5.91 Å². The Bertz CT molecular complexity index is 326. The van der Waals surface area contributed by atoms with E-state index in [1.165, 1.54) is 0 Å². The standard InChI is InChI=1S/C13H25N3O3/c1-13(2,3)19-12(18)16-7-5-4-6-10(9-16)8-11(17)15-14/h10H,4-9,14H2,1-3H3,(H,15,17). The number of carbonyl (C=O) groups is 2. The predicted octanol–water partition coefficient (Wildman–Crippen LogP) is 1.40. The minimum Gasteiger partial charge on any atom is -0.444 e. The zero-order valence-electron chi connectivity index (χ0n) is 12.1. The molecular formula is C13H25N3O3. The van der Waals surface area contributed by atoms with Crippen LogP contribution in [0.15, 0.2) is 0 Å². The first-order valence-corrected chi connectivity index (χ1v) is 6.79. The Hall–Kier alpha value is -1.30. The third-order valence-corrected chi connectivity index (χ3v) is 3.06. The molecule has 0 aromatic carbocycles. The van der Waals surface area contributed by atoms with E-state index in [2.05, 4.69) is 5.43 Å². The fraction of sp³-hybridized carbons (Fsp3) is 0.846.